The first-order chi connectivity index (χ1) is 8.35. The van der Waals surface area contributed by atoms with Crippen LogP contribution in [0.4, 0.5) is 0 Å². The molecule has 0 saturated heterocycles. The number of rotatable bonds is 13. The first-order valence-corrected chi connectivity index (χ1v) is 8.14. The minimum atomic E-state index is 0.912. The monoisotopic (exact) mass is 239 g/mol. The molecule has 0 aromatic heterocycles. The maximum atomic E-state index is 4.09. The van der Waals surface area contributed by atoms with Crippen LogP contribution in [0.2, 0.25) is 0 Å². The zero-order valence-electron chi connectivity index (χ0n) is 12.5. The van der Waals surface area contributed by atoms with Gasteiger partial charge < -0.3 is 0 Å². The molecule has 0 heteroatoms. The molecule has 0 aliphatic rings. The van der Waals surface area contributed by atoms with Gasteiger partial charge in [-0.05, 0) is 5.92 Å². The van der Waals surface area contributed by atoms with Gasteiger partial charge in [0.1, 0.15) is 0 Å². The molecule has 1 atom stereocenters. The van der Waals surface area contributed by atoms with Crippen molar-refractivity contribution in [1.29, 1.82) is 0 Å². The van der Waals surface area contributed by atoms with Crippen molar-refractivity contribution in [1.82, 2.24) is 0 Å². The molecule has 0 aliphatic carbocycles. The van der Waals surface area contributed by atoms with Gasteiger partial charge in [-0.3, -0.25) is 0 Å². The molecule has 1 radical (unpaired) electrons. The lowest BCUT2D eigenvalue weighted by atomic mass is 9.93. The maximum absolute atomic E-state index is 4.09. The molecule has 0 N–H and O–H groups in total. The van der Waals surface area contributed by atoms with Crippen molar-refractivity contribution in [2.75, 3.05) is 0 Å². The molecule has 103 valence electrons. The lowest BCUT2D eigenvalue weighted by Gasteiger charge is -2.13. The van der Waals surface area contributed by atoms with Crippen molar-refractivity contribution in [3.8, 4) is 0 Å². The fraction of sp³-hybridized carbons (Fsp3) is 0.941. The molecule has 0 bridgehead atoms. The predicted molar refractivity (Wildman–Crippen MR) is 80.2 cm³/mol. The Morgan fingerprint density at radius 3 is 1.65 bits per heavy atom. The summed E-state index contributed by atoms with van der Waals surface area (Å²) in [6.07, 6.45) is 18.3. The Kier molecular flexibility index (Phi) is 14.1. The third-order valence-corrected chi connectivity index (χ3v) is 3.84. The molecule has 0 nitrogen and oxygen atoms in total. The SMILES string of the molecule is [CH2]CC(CCCC)CCCCCCCCCC. The molecule has 0 rings (SSSR count). The van der Waals surface area contributed by atoms with Crippen LogP contribution in [-0.2, 0) is 0 Å². The highest BCUT2D eigenvalue weighted by Crippen LogP contribution is 2.20. The van der Waals surface area contributed by atoms with E-state index in [1.54, 1.807) is 0 Å². The minimum Gasteiger partial charge on any atom is -0.0654 e. The third-order valence-electron chi connectivity index (χ3n) is 3.84. The average Bonchev–Trinajstić information content (AvgIpc) is 2.36. The quantitative estimate of drug-likeness (QED) is 0.320. The average molecular weight is 239 g/mol. The fourth-order valence-electron chi connectivity index (χ4n) is 2.49. The number of unbranched alkanes of at least 4 members (excludes halogenated alkanes) is 8. The van der Waals surface area contributed by atoms with E-state index in [1.165, 1.54) is 77.0 Å². The van der Waals surface area contributed by atoms with E-state index in [1.807, 2.05) is 0 Å². The Bertz CT molecular complexity index is 128. The molecule has 0 heterocycles. The smallest absolute Gasteiger partial charge is 0.0414 e. The summed E-state index contributed by atoms with van der Waals surface area (Å²) < 4.78 is 0. The van der Waals surface area contributed by atoms with Gasteiger partial charge in [0, 0.05) is 0 Å². The third kappa shape index (κ3) is 12.2. The van der Waals surface area contributed by atoms with Crippen LogP contribution in [-0.4, -0.2) is 0 Å². The Morgan fingerprint density at radius 2 is 1.12 bits per heavy atom. The van der Waals surface area contributed by atoms with Crippen molar-refractivity contribution >= 4 is 0 Å². The van der Waals surface area contributed by atoms with Crippen molar-refractivity contribution in [2.45, 2.75) is 97.3 Å². The van der Waals surface area contributed by atoms with Crippen LogP contribution < -0.4 is 0 Å². The van der Waals surface area contributed by atoms with E-state index in [9.17, 15) is 0 Å². The predicted octanol–water partition coefficient (Wildman–Crippen LogP) is 6.55. The molecule has 0 spiro atoms. The summed E-state index contributed by atoms with van der Waals surface area (Å²) in [4.78, 5) is 0. The van der Waals surface area contributed by atoms with Crippen LogP contribution in [0, 0.1) is 12.8 Å². The molecular weight excluding hydrogens is 204 g/mol. The van der Waals surface area contributed by atoms with Crippen molar-refractivity contribution < 1.29 is 0 Å². The van der Waals surface area contributed by atoms with Gasteiger partial charge in [0.25, 0.3) is 0 Å². The largest absolute Gasteiger partial charge is 0.0654 e. The minimum absolute atomic E-state index is 0.912. The number of hydrogen-bond acceptors (Lipinski definition) is 0. The Balaban J connectivity index is 3.19. The van der Waals surface area contributed by atoms with Crippen LogP contribution in [0.5, 0.6) is 0 Å². The first kappa shape index (κ1) is 17.0. The summed E-state index contributed by atoms with van der Waals surface area (Å²) >= 11 is 0. The van der Waals surface area contributed by atoms with E-state index >= 15 is 0 Å². The van der Waals surface area contributed by atoms with E-state index in [0.29, 0.717) is 0 Å². The lowest BCUT2D eigenvalue weighted by Crippen LogP contribution is -1.98. The van der Waals surface area contributed by atoms with E-state index < -0.39 is 0 Å². The second kappa shape index (κ2) is 14.1. The lowest BCUT2D eigenvalue weighted by molar-refractivity contribution is 0.412. The van der Waals surface area contributed by atoms with E-state index in [2.05, 4.69) is 20.8 Å². The maximum Gasteiger partial charge on any atom is -0.0414 e. The summed E-state index contributed by atoms with van der Waals surface area (Å²) in [6, 6.07) is 0. The molecular formula is C17H35. The Labute approximate surface area is 111 Å². The normalized spacial score (nSPS) is 12.9. The summed E-state index contributed by atoms with van der Waals surface area (Å²) in [5.41, 5.74) is 0. The van der Waals surface area contributed by atoms with E-state index in [0.717, 1.165) is 12.3 Å². The molecule has 0 aromatic carbocycles. The Morgan fingerprint density at radius 1 is 0.647 bits per heavy atom. The van der Waals surface area contributed by atoms with Gasteiger partial charge in [-0.1, -0.05) is 104 Å². The van der Waals surface area contributed by atoms with E-state index in [4.69, 9.17) is 0 Å². The molecule has 0 aliphatic heterocycles. The highest BCUT2D eigenvalue weighted by Gasteiger charge is 2.04. The van der Waals surface area contributed by atoms with E-state index in [-0.39, 0.29) is 0 Å². The first-order valence-electron chi connectivity index (χ1n) is 8.14. The topological polar surface area (TPSA) is 0 Å². The molecule has 0 fully saturated rings. The van der Waals surface area contributed by atoms with Crippen molar-refractivity contribution in [3.63, 3.8) is 0 Å². The summed E-state index contributed by atoms with van der Waals surface area (Å²) in [5.74, 6) is 0.912. The molecule has 1 unspecified atom stereocenters. The van der Waals surface area contributed by atoms with Gasteiger partial charge in [-0.15, -0.1) is 0 Å². The van der Waals surface area contributed by atoms with Crippen LogP contribution in [0.3, 0.4) is 0 Å². The Hall–Kier alpha value is 0. The molecule has 0 saturated carbocycles. The zero-order valence-corrected chi connectivity index (χ0v) is 12.5. The highest BCUT2D eigenvalue weighted by atomic mass is 14.1. The van der Waals surface area contributed by atoms with Gasteiger partial charge in [0.15, 0.2) is 0 Å². The molecule has 0 aromatic rings. The zero-order chi connectivity index (χ0) is 12.8. The summed E-state index contributed by atoms with van der Waals surface area (Å²) in [5, 5.41) is 0. The molecule has 0 amide bonds. The van der Waals surface area contributed by atoms with Gasteiger partial charge in [0.05, 0.1) is 0 Å². The van der Waals surface area contributed by atoms with Gasteiger partial charge in [-0.2, -0.15) is 0 Å². The fourth-order valence-corrected chi connectivity index (χ4v) is 2.49. The van der Waals surface area contributed by atoms with Gasteiger partial charge in [0.2, 0.25) is 0 Å². The van der Waals surface area contributed by atoms with Crippen molar-refractivity contribution in [3.05, 3.63) is 6.92 Å². The second-order valence-electron chi connectivity index (χ2n) is 5.56. The highest BCUT2D eigenvalue weighted by molar-refractivity contribution is 4.61. The van der Waals surface area contributed by atoms with Crippen molar-refractivity contribution in [2.24, 2.45) is 5.92 Å². The van der Waals surface area contributed by atoms with Crippen LogP contribution in [0.1, 0.15) is 97.3 Å². The summed E-state index contributed by atoms with van der Waals surface area (Å²) in [7, 11) is 0. The standard InChI is InChI=1S/C17H35/c1-4-7-9-10-11-12-13-14-16-17(6-3)15-8-5-2/h17H,3-16H2,1-2H3. The second-order valence-corrected chi connectivity index (χ2v) is 5.56. The van der Waals surface area contributed by atoms with Gasteiger partial charge >= 0.3 is 0 Å². The van der Waals surface area contributed by atoms with Crippen LogP contribution in [0.25, 0.3) is 0 Å². The number of hydrogen-bond donors (Lipinski definition) is 0. The molecule has 17 heavy (non-hydrogen) atoms. The van der Waals surface area contributed by atoms with Crippen LogP contribution >= 0.6 is 0 Å². The van der Waals surface area contributed by atoms with Gasteiger partial charge in [-0.25, -0.2) is 0 Å². The van der Waals surface area contributed by atoms with Crippen LogP contribution in [0.15, 0.2) is 0 Å². The summed E-state index contributed by atoms with van der Waals surface area (Å²) in [6.45, 7) is 8.66.